The first kappa shape index (κ1) is 9.04. The molecule has 2 heterocycles. The molecule has 1 fully saturated rings. The summed E-state index contributed by atoms with van der Waals surface area (Å²) in [6, 6.07) is 4.04. The Hall–Kier alpha value is -1.22. The van der Waals surface area contributed by atoms with Crippen LogP contribution >= 0.6 is 0 Å². The number of fused-ring (bicyclic) bond motifs is 2. The third kappa shape index (κ3) is 1.30. The molecule has 1 spiro atoms. The van der Waals surface area contributed by atoms with Gasteiger partial charge in [0.1, 0.15) is 5.78 Å². The predicted octanol–water partition coefficient (Wildman–Crippen LogP) is 1.95. The first-order chi connectivity index (χ1) is 7.30. The number of ether oxygens (including phenoxy) is 1. The van der Waals surface area contributed by atoms with Crippen LogP contribution in [0, 0.1) is 0 Å². The van der Waals surface area contributed by atoms with Crippen LogP contribution in [0.1, 0.15) is 36.9 Å². The second-order valence-electron chi connectivity index (χ2n) is 4.32. The molecule has 15 heavy (non-hydrogen) atoms. The van der Waals surface area contributed by atoms with Gasteiger partial charge in [0, 0.05) is 24.6 Å². The van der Waals surface area contributed by atoms with Crippen LogP contribution in [0.5, 0.6) is 0 Å². The van der Waals surface area contributed by atoms with Gasteiger partial charge in [0.25, 0.3) is 0 Å². The maximum absolute atomic E-state index is 11.2. The number of pyridine rings is 1. The van der Waals surface area contributed by atoms with Gasteiger partial charge in [0.15, 0.2) is 0 Å². The lowest BCUT2D eigenvalue weighted by molar-refractivity contribution is -0.129. The lowest BCUT2D eigenvalue weighted by Gasteiger charge is -2.32. The molecule has 78 valence electrons. The Kier molecular flexibility index (Phi) is 1.89. The summed E-state index contributed by atoms with van der Waals surface area (Å²) in [5.41, 5.74) is 2.06. The van der Waals surface area contributed by atoms with E-state index in [1.807, 2.05) is 6.07 Å². The molecule has 1 aromatic heterocycles. The van der Waals surface area contributed by atoms with Crippen molar-refractivity contribution in [3.05, 3.63) is 29.6 Å². The van der Waals surface area contributed by atoms with Crippen LogP contribution in [0.2, 0.25) is 0 Å². The number of nitrogens with zero attached hydrogens (tertiary/aromatic N) is 1. The standard InChI is InChI=1S/C12H13NO2/c14-9-3-5-12(6-4-9)10-2-1-7-13-11(10)8-15-12/h1-2,7H,3-6,8H2. The topological polar surface area (TPSA) is 39.2 Å². The highest BCUT2D eigenvalue weighted by atomic mass is 16.5. The minimum Gasteiger partial charge on any atom is -0.364 e. The quantitative estimate of drug-likeness (QED) is 0.647. The van der Waals surface area contributed by atoms with Crippen LogP contribution in [0.4, 0.5) is 0 Å². The summed E-state index contributed by atoms with van der Waals surface area (Å²) in [4.78, 5) is 15.6. The van der Waals surface area contributed by atoms with E-state index in [4.69, 9.17) is 4.74 Å². The van der Waals surface area contributed by atoms with E-state index < -0.39 is 0 Å². The largest absolute Gasteiger partial charge is 0.364 e. The van der Waals surface area contributed by atoms with Gasteiger partial charge in [0.2, 0.25) is 0 Å². The number of aromatic nitrogens is 1. The Labute approximate surface area is 88.5 Å². The number of rotatable bonds is 0. The number of carbonyl (C=O) groups is 1. The van der Waals surface area contributed by atoms with E-state index in [-0.39, 0.29) is 5.60 Å². The predicted molar refractivity (Wildman–Crippen MR) is 54.2 cm³/mol. The molecule has 1 aliphatic heterocycles. The molecule has 0 amide bonds. The number of ketones is 1. The Morgan fingerprint density at radius 2 is 2.13 bits per heavy atom. The molecule has 3 heteroatoms. The van der Waals surface area contributed by atoms with Gasteiger partial charge in [-0.15, -0.1) is 0 Å². The van der Waals surface area contributed by atoms with Gasteiger partial charge >= 0.3 is 0 Å². The zero-order valence-electron chi connectivity index (χ0n) is 8.53. The van der Waals surface area contributed by atoms with Crippen LogP contribution in [0.15, 0.2) is 18.3 Å². The van der Waals surface area contributed by atoms with Crippen molar-refractivity contribution >= 4 is 5.78 Å². The Bertz CT molecular complexity index is 404. The number of hydrogen-bond acceptors (Lipinski definition) is 3. The van der Waals surface area contributed by atoms with Crippen molar-refractivity contribution < 1.29 is 9.53 Å². The van der Waals surface area contributed by atoms with E-state index in [0.717, 1.165) is 18.5 Å². The molecule has 0 N–H and O–H groups in total. The molecule has 3 nitrogen and oxygen atoms in total. The lowest BCUT2D eigenvalue weighted by Crippen LogP contribution is -2.31. The fourth-order valence-corrected chi connectivity index (χ4v) is 2.60. The number of carbonyl (C=O) groups excluding carboxylic acids is 1. The van der Waals surface area contributed by atoms with Gasteiger partial charge < -0.3 is 4.74 Å². The van der Waals surface area contributed by atoms with E-state index in [2.05, 4.69) is 11.1 Å². The smallest absolute Gasteiger partial charge is 0.133 e. The second-order valence-corrected chi connectivity index (χ2v) is 4.32. The van der Waals surface area contributed by atoms with Crippen molar-refractivity contribution in [1.29, 1.82) is 0 Å². The summed E-state index contributed by atoms with van der Waals surface area (Å²) in [6.45, 7) is 0.602. The average Bonchev–Trinajstić information content (AvgIpc) is 2.63. The van der Waals surface area contributed by atoms with Crippen LogP contribution in [0.25, 0.3) is 0 Å². The average molecular weight is 203 g/mol. The summed E-state index contributed by atoms with van der Waals surface area (Å²) in [6.07, 6.45) is 4.74. The van der Waals surface area contributed by atoms with Gasteiger partial charge in [-0.2, -0.15) is 0 Å². The van der Waals surface area contributed by atoms with Crippen molar-refractivity contribution in [2.75, 3.05) is 0 Å². The molecule has 0 bridgehead atoms. The minimum atomic E-state index is -0.197. The van der Waals surface area contributed by atoms with Crippen LogP contribution < -0.4 is 0 Å². The summed E-state index contributed by atoms with van der Waals surface area (Å²) < 4.78 is 5.89. The van der Waals surface area contributed by atoms with Crippen LogP contribution in [-0.4, -0.2) is 10.8 Å². The molecular formula is C12H13NO2. The fraction of sp³-hybridized carbons (Fsp3) is 0.500. The van der Waals surface area contributed by atoms with Crippen molar-refractivity contribution in [2.24, 2.45) is 0 Å². The Morgan fingerprint density at radius 1 is 1.33 bits per heavy atom. The highest BCUT2D eigenvalue weighted by Crippen LogP contribution is 2.45. The second kappa shape index (κ2) is 3.14. The molecule has 0 radical (unpaired) electrons. The molecule has 0 saturated heterocycles. The minimum absolute atomic E-state index is 0.197. The highest BCUT2D eigenvalue weighted by Gasteiger charge is 2.43. The van der Waals surface area contributed by atoms with Gasteiger partial charge in [-0.05, 0) is 18.9 Å². The van der Waals surface area contributed by atoms with Gasteiger partial charge in [-0.1, -0.05) is 6.07 Å². The highest BCUT2D eigenvalue weighted by molar-refractivity contribution is 5.79. The lowest BCUT2D eigenvalue weighted by atomic mass is 9.80. The first-order valence-electron chi connectivity index (χ1n) is 5.40. The van der Waals surface area contributed by atoms with E-state index in [1.165, 1.54) is 5.56 Å². The zero-order valence-corrected chi connectivity index (χ0v) is 8.53. The Morgan fingerprint density at radius 3 is 2.93 bits per heavy atom. The first-order valence-corrected chi connectivity index (χ1v) is 5.40. The van der Waals surface area contributed by atoms with Crippen molar-refractivity contribution in [3.8, 4) is 0 Å². The summed E-state index contributed by atoms with van der Waals surface area (Å²) in [5, 5.41) is 0. The normalized spacial score (nSPS) is 23.1. The molecule has 1 saturated carbocycles. The molecule has 0 aromatic carbocycles. The third-order valence-electron chi connectivity index (χ3n) is 3.48. The van der Waals surface area contributed by atoms with Gasteiger partial charge in [-0.25, -0.2) is 0 Å². The van der Waals surface area contributed by atoms with Gasteiger partial charge in [0.05, 0.1) is 17.9 Å². The maximum atomic E-state index is 11.2. The Balaban J connectivity index is 1.98. The van der Waals surface area contributed by atoms with Crippen molar-refractivity contribution in [2.45, 2.75) is 37.9 Å². The molecule has 3 rings (SSSR count). The maximum Gasteiger partial charge on any atom is 0.133 e. The van der Waals surface area contributed by atoms with E-state index in [0.29, 0.717) is 25.2 Å². The fourth-order valence-electron chi connectivity index (χ4n) is 2.60. The summed E-state index contributed by atoms with van der Waals surface area (Å²) in [7, 11) is 0. The zero-order chi connectivity index (χ0) is 10.3. The van der Waals surface area contributed by atoms with Crippen molar-refractivity contribution in [1.82, 2.24) is 4.98 Å². The summed E-state index contributed by atoms with van der Waals surface area (Å²) >= 11 is 0. The van der Waals surface area contributed by atoms with E-state index in [1.54, 1.807) is 6.20 Å². The molecule has 2 aliphatic rings. The molecule has 1 aromatic rings. The third-order valence-corrected chi connectivity index (χ3v) is 3.48. The SMILES string of the molecule is O=C1CCC2(CC1)OCc1ncccc12. The molecule has 0 unspecified atom stereocenters. The summed E-state index contributed by atoms with van der Waals surface area (Å²) in [5.74, 6) is 0.363. The van der Waals surface area contributed by atoms with Gasteiger partial charge in [-0.3, -0.25) is 9.78 Å². The van der Waals surface area contributed by atoms with Crippen molar-refractivity contribution in [3.63, 3.8) is 0 Å². The van der Waals surface area contributed by atoms with E-state index in [9.17, 15) is 4.79 Å². The van der Waals surface area contributed by atoms with Crippen LogP contribution in [0.3, 0.4) is 0 Å². The molecule has 1 aliphatic carbocycles. The van der Waals surface area contributed by atoms with Crippen LogP contribution in [-0.2, 0) is 21.7 Å². The number of hydrogen-bond donors (Lipinski definition) is 0. The van der Waals surface area contributed by atoms with E-state index >= 15 is 0 Å². The number of Topliss-reactive ketones (excluding diaryl/α,β-unsaturated/α-hetero) is 1. The monoisotopic (exact) mass is 203 g/mol. The molecular weight excluding hydrogens is 190 g/mol. The molecule has 0 atom stereocenters.